The van der Waals surface area contributed by atoms with Gasteiger partial charge in [-0.3, -0.25) is 0 Å². The molecule has 0 bridgehead atoms. The number of nitrogens with zero attached hydrogens (tertiary/aromatic N) is 1. The van der Waals surface area contributed by atoms with Gasteiger partial charge in [-0.05, 0) is 0 Å². The molecule has 4 heteroatoms. The van der Waals surface area contributed by atoms with E-state index in [1.165, 1.54) is 68.4 Å². The average Bonchev–Trinajstić information content (AvgIpc) is 3.17. The molecule has 3 nitrogen and oxygen atoms in total. The van der Waals surface area contributed by atoms with Crippen LogP contribution in [0.1, 0.15) is 99.5 Å². The van der Waals surface area contributed by atoms with E-state index in [1.54, 1.807) is 3.58 Å². The average molecular weight is 574 g/mol. The predicted octanol–water partition coefficient (Wildman–Crippen LogP) is 8.99. The van der Waals surface area contributed by atoms with E-state index in [0.717, 1.165) is 11.9 Å². The third-order valence-electron chi connectivity index (χ3n) is 6.83. The van der Waals surface area contributed by atoms with E-state index in [2.05, 4.69) is 65.1 Å². The van der Waals surface area contributed by atoms with Crippen molar-refractivity contribution in [1.82, 2.24) is 4.57 Å². The molecule has 0 aliphatic carbocycles. The van der Waals surface area contributed by atoms with Gasteiger partial charge >= 0.3 is 214 Å². The molecule has 1 heterocycles. The van der Waals surface area contributed by atoms with Crippen molar-refractivity contribution in [3.8, 4) is 0 Å². The van der Waals surface area contributed by atoms with Gasteiger partial charge in [0, 0.05) is 0 Å². The SMILES string of the molecule is CCC[CH2][Sn]([CH2]CCC)([CH2]CCC)[c]1cn(C(=O)OC(C)(C)C)c2c(CC=C(C)C)cccc12. The van der Waals surface area contributed by atoms with Crippen LogP contribution in [-0.4, -0.2) is 34.6 Å². The zero-order valence-electron chi connectivity index (χ0n) is 23.2. The summed E-state index contributed by atoms with van der Waals surface area (Å²) in [6.45, 7) is 17.1. The van der Waals surface area contributed by atoms with Crippen LogP contribution >= 0.6 is 0 Å². The van der Waals surface area contributed by atoms with Crippen LogP contribution in [0.4, 0.5) is 4.79 Å². The van der Waals surface area contributed by atoms with Gasteiger partial charge in [0.05, 0.1) is 0 Å². The van der Waals surface area contributed by atoms with Gasteiger partial charge in [0.1, 0.15) is 0 Å². The Morgan fingerprint density at radius 1 is 0.971 bits per heavy atom. The van der Waals surface area contributed by atoms with Crippen molar-refractivity contribution < 1.29 is 9.53 Å². The number of unbranched alkanes of at least 4 members (excludes halogenated alkanes) is 3. The Balaban J connectivity index is 2.81. The summed E-state index contributed by atoms with van der Waals surface area (Å²) >= 11 is -2.76. The summed E-state index contributed by atoms with van der Waals surface area (Å²) in [5, 5.41) is 1.32. The van der Waals surface area contributed by atoms with Crippen molar-refractivity contribution in [3.63, 3.8) is 0 Å². The van der Waals surface area contributed by atoms with E-state index in [-0.39, 0.29) is 6.09 Å². The summed E-state index contributed by atoms with van der Waals surface area (Å²) in [6.07, 6.45) is 12.8. The summed E-state index contributed by atoms with van der Waals surface area (Å²) in [4.78, 5) is 13.5. The van der Waals surface area contributed by atoms with Crippen LogP contribution < -0.4 is 3.58 Å². The van der Waals surface area contributed by atoms with E-state index < -0.39 is 24.0 Å². The number of benzene rings is 1. The zero-order valence-corrected chi connectivity index (χ0v) is 26.1. The Bertz CT molecular complexity index is 938. The van der Waals surface area contributed by atoms with Crippen LogP contribution in [0.5, 0.6) is 0 Å². The number of para-hydroxylation sites is 1. The second kappa shape index (κ2) is 13.2. The molecule has 34 heavy (non-hydrogen) atoms. The standard InChI is InChI=1S/C18H22NO2.3C4H9.Sn/c1-13(2)9-10-14-7-6-8-15-11-12-19(16(14)15)17(20)21-18(3,4)5;3*1-3-4-2;/h6-9,12H,10H2,1-5H3;3*1,3-4H2,2H3;. The third-order valence-corrected chi connectivity index (χ3v) is 22.4. The molecule has 0 aliphatic heterocycles. The van der Waals surface area contributed by atoms with Crippen molar-refractivity contribution in [3.05, 3.63) is 41.6 Å². The first-order valence-electron chi connectivity index (χ1n) is 13.6. The summed E-state index contributed by atoms with van der Waals surface area (Å²) in [7, 11) is 0. The molecular formula is C30H49NO2Sn. The van der Waals surface area contributed by atoms with E-state index in [1.807, 2.05) is 25.3 Å². The Kier molecular flexibility index (Phi) is 11.2. The van der Waals surface area contributed by atoms with E-state index >= 15 is 0 Å². The summed E-state index contributed by atoms with van der Waals surface area (Å²) < 4.78 is 13.5. The molecule has 2 aromatic rings. The number of hydrogen-bond donors (Lipinski definition) is 0. The van der Waals surface area contributed by atoms with Crippen LogP contribution in [-0.2, 0) is 11.2 Å². The van der Waals surface area contributed by atoms with E-state index in [9.17, 15) is 4.79 Å². The van der Waals surface area contributed by atoms with Gasteiger partial charge in [0.2, 0.25) is 0 Å². The van der Waals surface area contributed by atoms with Crippen LogP contribution in [0.25, 0.3) is 10.9 Å². The second-order valence-electron chi connectivity index (χ2n) is 11.3. The zero-order chi connectivity index (χ0) is 25.4. The molecule has 0 saturated carbocycles. The normalized spacial score (nSPS) is 12.2. The predicted molar refractivity (Wildman–Crippen MR) is 151 cm³/mol. The maximum atomic E-state index is 13.5. The number of carbonyl (C=O) groups is 1. The van der Waals surface area contributed by atoms with Crippen LogP contribution in [0, 0.1) is 0 Å². The van der Waals surface area contributed by atoms with Gasteiger partial charge in [0.25, 0.3) is 0 Å². The molecule has 190 valence electrons. The molecule has 0 spiro atoms. The quantitative estimate of drug-likeness (QED) is 0.187. The molecule has 2 rings (SSSR count). The van der Waals surface area contributed by atoms with E-state index in [0.29, 0.717) is 0 Å². The molecule has 0 unspecified atom stereocenters. The molecular weight excluding hydrogens is 525 g/mol. The Morgan fingerprint density at radius 3 is 2.00 bits per heavy atom. The number of fused-ring (bicyclic) bond motifs is 1. The number of rotatable bonds is 12. The van der Waals surface area contributed by atoms with Crippen molar-refractivity contribution in [2.24, 2.45) is 0 Å². The van der Waals surface area contributed by atoms with Crippen LogP contribution in [0.3, 0.4) is 0 Å². The fourth-order valence-corrected chi connectivity index (χ4v) is 21.7. The first-order chi connectivity index (χ1) is 16.1. The third kappa shape index (κ3) is 7.63. The van der Waals surface area contributed by atoms with Gasteiger partial charge < -0.3 is 0 Å². The van der Waals surface area contributed by atoms with Gasteiger partial charge in [-0.1, -0.05) is 0 Å². The van der Waals surface area contributed by atoms with E-state index in [4.69, 9.17) is 4.74 Å². The number of ether oxygens (including phenoxy) is 1. The molecule has 0 atom stereocenters. The second-order valence-corrected chi connectivity index (χ2v) is 24.4. The molecule has 0 saturated heterocycles. The minimum atomic E-state index is -2.76. The van der Waals surface area contributed by atoms with Gasteiger partial charge in [-0.2, -0.15) is 0 Å². The molecule has 0 radical (unpaired) electrons. The topological polar surface area (TPSA) is 31.2 Å². The number of aromatic nitrogens is 1. The molecule has 0 aliphatic rings. The van der Waals surface area contributed by atoms with Crippen molar-refractivity contribution in [1.29, 1.82) is 0 Å². The molecule has 0 amide bonds. The van der Waals surface area contributed by atoms with Crippen molar-refractivity contribution in [2.45, 2.75) is 119 Å². The first-order valence-corrected chi connectivity index (χ1v) is 21.1. The fraction of sp³-hybridized carbons (Fsp3) is 0.633. The molecule has 0 N–H and O–H groups in total. The molecule has 0 fully saturated rings. The van der Waals surface area contributed by atoms with Crippen LogP contribution in [0.15, 0.2) is 36.0 Å². The summed E-state index contributed by atoms with van der Waals surface area (Å²) in [5.41, 5.74) is 3.08. The number of carbonyl (C=O) groups excluding carboxylic acids is 1. The number of allylic oxidation sites excluding steroid dienone is 2. The van der Waals surface area contributed by atoms with Crippen LogP contribution in [0.2, 0.25) is 13.3 Å². The van der Waals surface area contributed by atoms with Crippen molar-refractivity contribution >= 4 is 39.0 Å². The summed E-state index contributed by atoms with van der Waals surface area (Å²) in [5.74, 6) is 0. The maximum absolute atomic E-state index is 13.5. The Labute approximate surface area is 213 Å². The van der Waals surface area contributed by atoms with Gasteiger partial charge in [0.15, 0.2) is 0 Å². The molecule has 1 aromatic carbocycles. The monoisotopic (exact) mass is 575 g/mol. The fourth-order valence-electron chi connectivity index (χ4n) is 5.04. The van der Waals surface area contributed by atoms with Crippen molar-refractivity contribution in [2.75, 3.05) is 0 Å². The molecule has 1 aromatic heterocycles. The first kappa shape index (κ1) is 29.0. The summed E-state index contributed by atoms with van der Waals surface area (Å²) in [6, 6.07) is 6.68. The Hall–Kier alpha value is -1.23. The van der Waals surface area contributed by atoms with Gasteiger partial charge in [-0.25, -0.2) is 0 Å². The van der Waals surface area contributed by atoms with Gasteiger partial charge in [-0.15, -0.1) is 0 Å². The Morgan fingerprint density at radius 2 is 1.53 bits per heavy atom. The number of hydrogen-bond acceptors (Lipinski definition) is 2. The minimum absolute atomic E-state index is 0.241.